The molecule has 4 heteroatoms. The fourth-order valence-corrected chi connectivity index (χ4v) is 2.08. The average molecular weight is 261 g/mol. The van der Waals surface area contributed by atoms with Gasteiger partial charge in [-0.2, -0.15) is 0 Å². The summed E-state index contributed by atoms with van der Waals surface area (Å²) in [4.78, 5) is 13.6. The fraction of sp³-hybridized carbons (Fsp3) is 0.400. The molecule has 1 heterocycles. The van der Waals surface area contributed by atoms with Crippen molar-refractivity contribution in [1.82, 2.24) is 0 Å². The molecule has 0 fully saturated rings. The molecular weight excluding hydrogens is 242 g/mol. The molecule has 1 aliphatic rings. The summed E-state index contributed by atoms with van der Waals surface area (Å²) in [6.45, 7) is 4.10. The number of esters is 1. The van der Waals surface area contributed by atoms with E-state index in [4.69, 9.17) is 9.47 Å². The van der Waals surface area contributed by atoms with Gasteiger partial charge in [-0.15, -0.1) is 0 Å². The first-order valence-corrected chi connectivity index (χ1v) is 6.44. The molecule has 4 nitrogen and oxygen atoms in total. The first kappa shape index (κ1) is 13.5. The minimum absolute atomic E-state index is 0.278. The monoisotopic (exact) mass is 261 g/mol. The van der Waals surface area contributed by atoms with Crippen molar-refractivity contribution in [3.05, 3.63) is 35.9 Å². The highest BCUT2D eigenvalue weighted by atomic mass is 16.5. The number of hydrogen-bond donors (Lipinski definition) is 0. The summed E-state index contributed by atoms with van der Waals surface area (Å²) in [5, 5.41) is 0. The molecule has 1 aliphatic heterocycles. The quantitative estimate of drug-likeness (QED) is 0.618. The van der Waals surface area contributed by atoms with Gasteiger partial charge in [-0.1, -0.05) is 18.2 Å². The van der Waals surface area contributed by atoms with Crippen molar-refractivity contribution >= 4 is 11.7 Å². The summed E-state index contributed by atoms with van der Waals surface area (Å²) in [5.41, 5.74) is 1.71. The summed E-state index contributed by atoms with van der Waals surface area (Å²) >= 11 is 0. The van der Waals surface area contributed by atoms with Crippen molar-refractivity contribution in [2.75, 3.05) is 31.7 Å². The van der Waals surface area contributed by atoms with Crippen molar-refractivity contribution in [3.8, 4) is 5.75 Å². The Kier molecular flexibility index (Phi) is 4.44. The number of rotatable bonds is 3. The largest absolute Gasteiger partial charge is 0.491 e. The predicted molar refractivity (Wildman–Crippen MR) is 74.5 cm³/mol. The van der Waals surface area contributed by atoms with Gasteiger partial charge in [0.25, 0.3) is 0 Å². The number of carbonyl (C=O) groups is 1. The van der Waals surface area contributed by atoms with Crippen LogP contribution >= 0.6 is 0 Å². The lowest BCUT2D eigenvalue weighted by molar-refractivity contribution is -0.136. The molecule has 0 atom stereocenters. The number of benzene rings is 1. The summed E-state index contributed by atoms with van der Waals surface area (Å²) < 4.78 is 10.4. The maximum absolute atomic E-state index is 11.4. The molecule has 0 aromatic heterocycles. The number of fused-ring (bicyclic) bond motifs is 1. The zero-order valence-electron chi connectivity index (χ0n) is 11.4. The highest BCUT2D eigenvalue weighted by Gasteiger charge is 2.15. The predicted octanol–water partition coefficient (Wildman–Crippen LogP) is 2.39. The second-order valence-electron chi connectivity index (χ2n) is 4.49. The minimum Gasteiger partial charge on any atom is -0.491 e. The summed E-state index contributed by atoms with van der Waals surface area (Å²) in [6.07, 6.45) is 2.87. The number of nitrogens with zero attached hydrogens (tertiary/aromatic N) is 1. The van der Waals surface area contributed by atoms with Crippen molar-refractivity contribution in [3.63, 3.8) is 0 Å². The van der Waals surface area contributed by atoms with Crippen LogP contribution < -0.4 is 9.64 Å². The van der Waals surface area contributed by atoms with E-state index in [0.717, 1.165) is 31.0 Å². The van der Waals surface area contributed by atoms with E-state index in [9.17, 15) is 4.79 Å². The molecule has 0 spiro atoms. The molecular formula is C15H19NO3. The summed E-state index contributed by atoms with van der Waals surface area (Å²) in [5.74, 6) is 0.628. The Labute approximate surface area is 113 Å². The Morgan fingerprint density at radius 1 is 1.47 bits per heavy atom. The lowest BCUT2D eigenvalue weighted by Crippen LogP contribution is -2.24. The minimum atomic E-state index is -0.278. The summed E-state index contributed by atoms with van der Waals surface area (Å²) in [6, 6.07) is 7.99. The van der Waals surface area contributed by atoms with E-state index >= 15 is 0 Å². The molecule has 0 amide bonds. The third kappa shape index (κ3) is 3.28. The maximum atomic E-state index is 11.4. The Hall–Kier alpha value is -1.97. The number of methoxy groups -OCH3 is 1. The number of carbonyl (C=O) groups excluding carboxylic acids is 1. The Morgan fingerprint density at radius 2 is 2.26 bits per heavy atom. The van der Waals surface area contributed by atoms with Crippen LogP contribution in [0.4, 0.5) is 5.69 Å². The molecule has 0 N–H and O–H groups in total. The maximum Gasteiger partial charge on any atom is 0.333 e. The van der Waals surface area contributed by atoms with Gasteiger partial charge in [0.1, 0.15) is 5.75 Å². The number of para-hydroxylation sites is 2. The van der Waals surface area contributed by atoms with Crippen molar-refractivity contribution in [2.24, 2.45) is 0 Å². The average Bonchev–Trinajstić information content (AvgIpc) is 2.66. The molecule has 0 aliphatic carbocycles. The smallest absolute Gasteiger partial charge is 0.333 e. The van der Waals surface area contributed by atoms with Gasteiger partial charge in [-0.3, -0.25) is 0 Å². The standard InChI is InChI=1S/C15H19NO3/c1-12(15(17)18-2)8-10-16-9-5-11-19-14-7-4-3-6-13(14)16/h3-4,6-8H,5,9-11H2,1-2H3/b12-8+. The van der Waals surface area contributed by atoms with E-state index < -0.39 is 0 Å². The molecule has 0 saturated carbocycles. The van der Waals surface area contributed by atoms with Gasteiger partial charge in [0.2, 0.25) is 0 Å². The second kappa shape index (κ2) is 6.27. The van der Waals surface area contributed by atoms with Crippen LogP contribution in [-0.4, -0.2) is 32.8 Å². The molecule has 1 aromatic rings. The van der Waals surface area contributed by atoms with E-state index in [1.807, 2.05) is 30.3 Å². The van der Waals surface area contributed by atoms with Crippen molar-refractivity contribution in [2.45, 2.75) is 13.3 Å². The van der Waals surface area contributed by atoms with Crippen LogP contribution in [0.15, 0.2) is 35.9 Å². The third-order valence-electron chi connectivity index (χ3n) is 3.16. The lowest BCUT2D eigenvalue weighted by atomic mass is 10.2. The van der Waals surface area contributed by atoms with E-state index in [1.165, 1.54) is 7.11 Å². The number of anilines is 1. The zero-order chi connectivity index (χ0) is 13.7. The fourth-order valence-electron chi connectivity index (χ4n) is 2.08. The highest BCUT2D eigenvalue weighted by Crippen LogP contribution is 2.30. The number of ether oxygens (including phenoxy) is 2. The Bertz CT molecular complexity index is 482. The van der Waals surface area contributed by atoms with Gasteiger partial charge >= 0.3 is 5.97 Å². The van der Waals surface area contributed by atoms with Gasteiger partial charge in [-0.05, 0) is 25.5 Å². The van der Waals surface area contributed by atoms with E-state index in [0.29, 0.717) is 12.1 Å². The Balaban J connectivity index is 2.14. The van der Waals surface area contributed by atoms with E-state index in [2.05, 4.69) is 4.90 Å². The van der Waals surface area contributed by atoms with Crippen LogP contribution in [0.2, 0.25) is 0 Å². The molecule has 0 saturated heterocycles. The summed E-state index contributed by atoms with van der Waals surface area (Å²) in [7, 11) is 1.40. The first-order chi connectivity index (χ1) is 9.22. The van der Waals surface area contributed by atoms with Crippen LogP contribution in [0.3, 0.4) is 0 Å². The molecule has 0 unspecified atom stereocenters. The van der Waals surface area contributed by atoms with Crippen molar-refractivity contribution in [1.29, 1.82) is 0 Å². The molecule has 0 radical (unpaired) electrons. The SMILES string of the molecule is COC(=O)/C(C)=C/CN1CCCOc2ccccc21. The van der Waals surface area contributed by atoms with E-state index in [1.54, 1.807) is 6.92 Å². The topological polar surface area (TPSA) is 38.8 Å². The van der Waals surface area contributed by atoms with Gasteiger partial charge in [0, 0.05) is 18.7 Å². The van der Waals surface area contributed by atoms with E-state index in [-0.39, 0.29) is 5.97 Å². The molecule has 19 heavy (non-hydrogen) atoms. The van der Waals surface area contributed by atoms with Crippen LogP contribution in [0, 0.1) is 0 Å². The van der Waals surface area contributed by atoms with Gasteiger partial charge in [0.15, 0.2) is 0 Å². The van der Waals surface area contributed by atoms with Crippen LogP contribution in [0.1, 0.15) is 13.3 Å². The lowest BCUT2D eigenvalue weighted by Gasteiger charge is -2.22. The molecule has 2 rings (SSSR count). The van der Waals surface area contributed by atoms with Crippen LogP contribution in [0.25, 0.3) is 0 Å². The zero-order valence-corrected chi connectivity index (χ0v) is 11.4. The normalized spacial score (nSPS) is 15.3. The molecule has 0 bridgehead atoms. The Morgan fingerprint density at radius 3 is 3.05 bits per heavy atom. The van der Waals surface area contributed by atoms with Gasteiger partial charge in [0.05, 0.1) is 19.4 Å². The van der Waals surface area contributed by atoms with Crippen LogP contribution in [0.5, 0.6) is 5.75 Å². The van der Waals surface area contributed by atoms with Crippen molar-refractivity contribution < 1.29 is 14.3 Å². The van der Waals surface area contributed by atoms with Gasteiger partial charge in [-0.25, -0.2) is 4.79 Å². The first-order valence-electron chi connectivity index (χ1n) is 6.44. The number of hydrogen-bond acceptors (Lipinski definition) is 4. The molecule has 102 valence electrons. The highest BCUT2D eigenvalue weighted by molar-refractivity contribution is 5.87. The van der Waals surface area contributed by atoms with Crippen LogP contribution in [-0.2, 0) is 9.53 Å². The second-order valence-corrected chi connectivity index (χ2v) is 4.49. The van der Waals surface area contributed by atoms with Gasteiger partial charge < -0.3 is 14.4 Å². The molecule has 1 aromatic carbocycles. The third-order valence-corrected chi connectivity index (χ3v) is 3.16.